The zero-order valence-electron chi connectivity index (χ0n) is 13.0. The summed E-state index contributed by atoms with van der Waals surface area (Å²) in [4.78, 5) is 32.0. The molecule has 0 fully saturated rings. The zero-order valence-corrected chi connectivity index (χ0v) is 13.0. The van der Waals surface area contributed by atoms with Crippen molar-refractivity contribution in [2.24, 2.45) is 0 Å². The number of anilines is 1. The summed E-state index contributed by atoms with van der Waals surface area (Å²) < 4.78 is 0. The number of pyridine rings is 2. The van der Waals surface area contributed by atoms with Gasteiger partial charge in [0.1, 0.15) is 0 Å². The Hall–Kier alpha value is -3.29. The third-order valence-corrected chi connectivity index (χ3v) is 3.46. The van der Waals surface area contributed by atoms with Crippen LogP contribution in [0.5, 0.6) is 0 Å². The molecule has 8 nitrogen and oxygen atoms in total. The first-order valence-corrected chi connectivity index (χ1v) is 7.42. The minimum absolute atomic E-state index is 0.175. The monoisotopic (exact) mass is 324 g/mol. The fourth-order valence-corrected chi connectivity index (χ4v) is 2.19. The number of amides is 2. The SMILES string of the molecule is Cc1[nH]nc2ncc(C(=O)NCCC(=O)Nc3ccncc3)cc12. The minimum Gasteiger partial charge on any atom is -0.351 e. The van der Waals surface area contributed by atoms with Crippen LogP contribution < -0.4 is 10.6 Å². The number of rotatable bonds is 5. The number of hydrogen-bond donors (Lipinski definition) is 3. The maximum Gasteiger partial charge on any atom is 0.252 e. The zero-order chi connectivity index (χ0) is 16.9. The van der Waals surface area contributed by atoms with Gasteiger partial charge < -0.3 is 10.6 Å². The molecule has 0 aliphatic carbocycles. The Morgan fingerprint density at radius 2 is 2.04 bits per heavy atom. The van der Waals surface area contributed by atoms with Crippen molar-refractivity contribution in [3.05, 3.63) is 48.0 Å². The molecular weight excluding hydrogens is 308 g/mol. The highest BCUT2D eigenvalue weighted by Gasteiger charge is 2.10. The van der Waals surface area contributed by atoms with E-state index in [-0.39, 0.29) is 24.8 Å². The highest BCUT2D eigenvalue weighted by atomic mass is 16.2. The highest BCUT2D eigenvalue weighted by molar-refractivity contribution is 5.97. The molecule has 3 aromatic rings. The second kappa shape index (κ2) is 6.86. The normalized spacial score (nSPS) is 10.5. The van der Waals surface area contributed by atoms with E-state index >= 15 is 0 Å². The molecule has 8 heteroatoms. The van der Waals surface area contributed by atoms with Gasteiger partial charge in [-0.3, -0.25) is 19.7 Å². The second-order valence-corrected chi connectivity index (χ2v) is 5.23. The van der Waals surface area contributed by atoms with E-state index in [2.05, 4.69) is 30.8 Å². The van der Waals surface area contributed by atoms with Gasteiger partial charge in [-0.2, -0.15) is 5.10 Å². The molecule has 0 spiro atoms. The molecule has 0 bridgehead atoms. The van der Waals surface area contributed by atoms with E-state index in [1.165, 1.54) is 6.20 Å². The van der Waals surface area contributed by atoms with E-state index in [0.717, 1.165) is 11.1 Å². The van der Waals surface area contributed by atoms with Gasteiger partial charge in [0.05, 0.1) is 5.56 Å². The molecule has 122 valence electrons. The van der Waals surface area contributed by atoms with Gasteiger partial charge in [0.15, 0.2) is 5.65 Å². The lowest BCUT2D eigenvalue weighted by Crippen LogP contribution is -2.27. The van der Waals surface area contributed by atoms with Crippen molar-refractivity contribution in [3.8, 4) is 0 Å². The van der Waals surface area contributed by atoms with Crippen molar-refractivity contribution in [1.29, 1.82) is 0 Å². The van der Waals surface area contributed by atoms with Crippen molar-refractivity contribution in [2.45, 2.75) is 13.3 Å². The Morgan fingerprint density at radius 1 is 1.25 bits per heavy atom. The predicted octanol–water partition coefficient (Wildman–Crippen LogP) is 1.42. The van der Waals surface area contributed by atoms with Crippen molar-refractivity contribution in [3.63, 3.8) is 0 Å². The smallest absolute Gasteiger partial charge is 0.252 e. The average Bonchev–Trinajstić information content (AvgIpc) is 2.96. The van der Waals surface area contributed by atoms with Crippen molar-refractivity contribution in [2.75, 3.05) is 11.9 Å². The Kier molecular flexibility index (Phi) is 4.46. The number of fused-ring (bicyclic) bond motifs is 1. The minimum atomic E-state index is -0.276. The maximum absolute atomic E-state index is 12.1. The summed E-state index contributed by atoms with van der Waals surface area (Å²) in [5.74, 6) is -0.456. The van der Waals surface area contributed by atoms with Crippen LogP contribution in [0.15, 0.2) is 36.8 Å². The summed E-state index contributed by atoms with van der Waals surface area (Å²) >= 11 is 0. The fraction of sp³-hybridized carbons (Fsp3) is 0.188. The summed E-state index contributed by atoms with van der Waals surface area (Å²) in [5, 5.41) is 13.1. The molecule has 3 N–H and O–H groups in total. The third-order valence-electron chi connectivity index (χ3n) is 3.46. The molecule has 3 heterocycles. The van der Waals surface area contributed by atoms with E-state index in [9.17, 15) is 9.59 Å². The average molecular weight is 324 g/mol. The van der Waals surface area contributed by atoms with E-state index in [0.29, 0.717) is 16.9 Å². The Balaban J connectivity index is 1.53. The van der Waals surface area contributed by atoms with Crippen molar-refractivity contribution >= 4 is 28.5 Å². The van der Waals surface area contributed by atoms with Gasteiger partial charge in [-0.15, -0.1) is 0 Å². The van der Waals surface area contributed by atoms with E-state index in [1.807, 2.05) is 6.92 Å². The number of H-pyrrole nitrogens is 1. The maximum atomic E-state index is 12.1. The molecule has 0 aliphatic rings. The standard InChI is InChI=1S/C16H16N6O2/c1-10-13-8-11(9-19-15(13)22-21-10)16(24)18-7-4-14(23)20-12-2-5-17-6-3-12/h2-3,5-6,8-9H,4,7H2,1H3,(H,18,24)(H,17,20,23)(H,19,21,22). The number of carbonyl (C=O) groups excluding carboxylic acids is 2. The molecule has 24 heavy (non-hydrogen) atoms. The van der Waals surface area contributed by atoms with Gasteiger partial charge in [-0.05, 0) is 25.1 Å². The van der Waals surface area contributed by atoms with Crippen LogP contribution in [0.2, 0.25) is 0 Å². The van der Waals surface area contributed by atoms with E-state index in [1.54, 1.807) is 30.6 Å². The molecule has 2 amide bonds. The van der Waals surface area contributed by atoms with Gasteiger partial charge in [-0.25, -0.2) is 4.98 Å². The van der Waals surface area contributed by atoms with Crippen LogP contribution in [0, 0.1) is 6.92 Å². The summed E-state index contributed by atoms with van der Waals surface area (Å²) in [6.07, 6.45) is 4.83. The van der Waals surface area contributed by atoms with Crippen LogP contribution in [0.3, 0.4) is 0 Å². The molecule has 0 atom stereocenters. The number of aryl methyl sites for hydroxylation is 1. The van der Waals surface area contributed by atoms with Crippen LogP contribution in [0.1, 0.15) is 22.5 Å². The van der Waals surface area contributed by atoms with E-state index < -0.39 is 0 Å². The third kappa shape index (κ3) is 3.54. The topological polar surface area (TPSA) is 113 Å². The Morgan fingerprint density at radius 3 is 2.83 bits per heavy atom. The summed E-state index contributed by atoms with van der Waals surface area (Å²) in [6, 6.07) is 5.13. The van der Waals surface area contributed by atoms with Gasteiger partial charge in [0.25, 0.3) is 5.91 Å². The van der Waals surface area contributed by atoms with Crippen LogP contribution in [0.25, 0.3) is 11.0 Å². The molecule has 0 unspecified atom stereocenters. The number of nitrogens with one attached hydrogen (secondary N) is 3. The first-order chi connectivity index (χ1) is 11.6. The van der Waals surface area contributed by atoms with Crippen LogP contribution in [-0.4, -0.2) is 38.5 Å². The summed E-state index contributed by atoms with van der Waals surface area (Å²) in [6.45, 7) is 2.10. The molecule has 3 aromatic heterocycles. The van der Waals surface area contributed by atoms with Crippen molar-refractivity contribution < 1.29 is 9.59 Å². The van der Waals surface area contributed by atoms with Crippen LogP contribution >= 0.6 is 0 Å². The van der Waals surface area contributed by atoms with E-state index in [4.69, 9.17) is 0 Å². The number of aromatic amines is 1. The molecule has 3 rings (SSSR count). The number of aromatic nitrogens is 4. The Labute approximate surface area is 137 Å². The van der Waals surface area contributed by atoms with Crippen molar-refractivity contribution in [1.82, 2.24) is 25.5 Å². The highest BCUT2D eigenvalue weighted by Crippen LogP contribution is 2.14. The lowest BCUT2D eigenvalue weighted by molar-refractivity contribution is -0.116. The first-order valence-electron chi connectivity index (χ1n) is 7.42. The predicted molar refractivity (Wildman–Crippen MR) is 88.4 cm³/mol. The van der Waals surface area contributed by atoms with Gasteiger partial charge in [0, 0.05) is 48.3 Å². The number of nitrogens with zero attached hydrogens (tertiary/aromatic N) is 3. The van der Waals surface area contributed by atoms with Crippen LogP contribution in [-0.2, 0) is 4.79 Å². The molecule has 0 radical (unpaired) electrons. The molecule has 0 aromatic carbocycles. The quantitative estimate of drug-likeness (QED) is 0.657. The number of carbonyl (C=O) groups is 2. The molecule has 0 saturated carbocycles. The number of hydrogen-bond acceptors (Lipinski definition) is 5. The summed E-state index contributed by atoms with van der Waals surface area (Å²) in [5.41, 5.74) is 2.53. The second-order valence-electron chi connectivity index (χ2n) is 5.23. The lowest BCUT2D eigenvalue weighted by Gasteiger charge is -2.06. The Bertz CT molecular complexity index is 875. The van der Waals surface area contributed by atoms with Gasteiger partial charge in [-0.1, -0.05) is 0 Å². The van der Waals surface area contributed by atoms with Gasteiger partial charge in [0.2, 0.25) is 5.91 Å². The van der Waals surface area contributed by atoms with Crippen LogP contribution in [0.4, 0.5) is 5.69 Å². The molecular formula is C16H16N6O2. The first kappa shape index (κ1) is 15.6. The molecule has 0 aliphatic heterocycles. The summed E-state index contributed by atoms with van der Waals surface area (Å²) in [7, 11) is 0. The van der Waals surface area contributed by atoms with Gasteiger partial charge >= 0.3 is 0 Å². The largest absolute Gasteiger partial charge is 0.351 e. The lowest BCUT2D eigenvalue weighted by atomic mass is 10.2. The molecule has 0 saturated heterocycles. The fourth-order valence-electron chi connectivity index (χ4n) is 2.19.